The number of halogens is 2. The molecule has 0 aliphatic rings. The van der Waals surface area contributed by atoms with E-state index in [9.17, 15) is 13.2 Å². The Kier molecular flexibility index (Phi) is 6.62. The van der Waals surface area contributed by atoms with Crippen molar-refractivity contribution in [2.75, 3.05) is 16.2 Å². The van der Waals surface area contributed by atoms with Crippen LogP contribution in [0.1, 0.15) is 5.56 Å². The van der Waals surface area contributed by atoms with E-state index in [1.807, 2.05) is 0 Å². The second kappa shape index (κ2) is 8.98. The highest BCUT2D eigenvalue weighted by atomic mass is 79.9. The van der Waals surface area contributed by atoms with Crippen LogP contribution in [0.5, 0.6) is 0 Å². The molecule has 0 fully saturated rings. The summed E-state index contributed by atoms with van der Waals surface area (Å²) in [7, 11) is -3.95. The highest BCUT2D eigenvalue weighted by molar-refractivity contribution is 9.10. The van der Waals surface area contributed by atoms with Crippen LogP contribution in [0.2, 0.25) is 5.02 Å². The Balaban J connectivity index is 1.96. The standard InChI is InChI=1S/C21H18BrClN2O3S/c1-15-19(23)11-6-12-20(15)24-21(26)14-25(17-8-5-7-16(22)13-17)29(27,28)18-9-3-2-4-10-18/h2-13H,14H2,1H3,(H,24,26). The van der Waals surface area contributed by atoms with Gasteiger partial charge in [-0.3, -0.25) is 9.10 Å². The van der Waals surface area contributed by atoms with Crippen molar-refractivity contribution in [1.82, 2.24) is 0 Å². The van der Waals surface area contributed by atoms with Crippen molar-refractivity contribution in [3.05, 3.63) is 87.9 Å². The Morgan fingerprint density at radius 1 is 1.03 bits per heavy atom. The van der Waals surface area contributed by atoms with Gasteiger partial charge in [-0.2, -0.15) is 0 Å². The zero-order chi connectivity index (χ0) is 21.0. The zero-order valence-electron chi connectivity index (χ0n) is 15.5. The normalized spacial score (nSPS) is 11.1. The second-order valence-electron chi connectivity index (χ2n) is 6.27. The number of hydrogen-bond donors (Lipinski definition) is 1. The molecule has 3 rings (SSSR count). The van der Waals surface area contributed by atoms with Crippen LogP contribution in [-0.2, 0) is 14.8 Å². The van der Waals surface area contributed by atoms with E-state index in [-0.39, 0.29) is 11.4 Å². The monoisotopic (exact) mass is 492 g/mol. The van der Waals surface area contributed by atoms with Gasteiger partial charge in [-0.15, -0.1) is 0 Å². The molecule has 0 heterocycles. The first-order valence-corrected chi connectivity index (χ1v) is 11.3. The number of benzene rings is 3. The third-order valence-electron chi connectivity index (χ3n) is 4.26. The van der Waals surface area contributed by atoms with Gasteiger partial charge in [-0.05, 0) is 55.0 Å². The Morgan fingerprint density at radius 2 is 1.72 bits per heavy atom. The number of rotatable bonds is 6. The minimum Gasteiger partial charge on any atom is -0.324 e. The molecule has 0 radical (unpaired) electrons. The smallest absolute Gasteiger partial charge is 0.264 e. The van der Waals surface area contributed by atoms with Crippen LogP contribution in [0.4, 0.5) is 11.4 Å². The Hall–Kier alpha value is -2.35. The van der Waals surface area contributed by atoms with Crippen LogP contribution in [-0.4, -0.2) is 20.9 Å². The lowest BCUT2D eigenvalue weighted by Gasteiger charge is -2.24. The Bertz CT molecular complexity index is 1140. The van der Waals surface area contributed by atoms with Crippen molar-refractivity contribution >= 4 is 54.8 Å². The molecule has 0 unspecified atom stereocenters. The van der Waals surface area contributed by atoms with Crippen molar-refractivity contribution in [2.45, 2.75) is 11.8 Å². The highest BCUT2D eigenvalue weighted by Crippen LogP contribution is 2.27. The summed E-state index contributed by atoms with van der Waals surface area (Å²) in [5, 5.41) is 3.27. The molecule has 0 saturated carbocycles. The fraction of sp³-hybridized carbons (Fsp3) is 0.0952. The average molecular weight is 494 g/mol. The average Bonchev–Trinajstić information content (AvgIpc) is 2.70. The molecule has 29 heavy (non-hydrogen) atoms. The molecule has 1 amide bonds. The summed E-state index contributed by atoms with van der Waals surface area (Å²) < 4.78 is 28.3. The van der Waals surface area contributed by atoms with Gasteiger partial charge in [0.15, 0.2) is 0 Å². The van der Waals surface area contributed by atoms with Gasteiger partial charge in [0, 0.05) is 15.2 Å². The van der Waals surface area contributed by atoms with Gasteiger partial charge >= 0.3 is 0 Å². The molecule has 0 atom stereocenters. The van der Waals surface area contributed by atoms with Gasteiger partial charge in [0.25, 0.3) is 10.0 Å². The maximum Gasteiger partial charge on any atom is 0.264 e. The number of carbonyl (C=O) groups is 1. The number of carbonyl (C=O) groups excluding carboxylic acids is 1. The largest absolute Gasteiger partial charge is 0.324 e. The van der Waals surface area contributed by atoms with Gasteiger partial charge in [0.2, 0.25) is 5.91 Å². The van der Waals surface area contributed by atoms with E-state index in [1.54, 1.807) is 67.6 Å². The minimum atomic E-state index is -3.95. The van der Waals surface area contributed by atoms with Crippen LogP contribution < -0.4 is 9.62 Å². The van der Waals surface area contributed by atoms with Crippen molar-refractivity contribution in [3.8, 4) is 0 Å². The van der Waals surface area contributed by atoms with Crippen LogP contribution >= 0.6 is 27.5 Å². The topological polar surface area (TPSA) is 66.5 Å². The van der Waals surface area contributed by atoms with Crippen molar-refractivity contribution < 1.29 is 13.2 Å². The zero-order valence-corrected chi connectivity index (χ0v) is 18.6. The number of anilines is 2. The SMILES string of the molecule is Cc1c(Cl)cccc1NC(=O)CN(c1cccc(Br)c1)S(=O)(=O)c1ccccc1. The van der Waals surface area contributed by atoms with Gasteiger partial charge in [-0.25, -0.2) is 8.42 Å². The van der Waals surface area contributed by atoms with E-state index in [4.69, 9.17) is 11.6 Å². The summed E-state index contributed by atoms with van der Waals surface area (Å²) in [6.45, 7) is 1.39. The fourth-order valence-electron chi connectivity index (χ4n) is 2.73. The first kappa shape index (κ1) is 21.4. The lowest BCUT2D eigenvalue weighted by molar-refractivity contribution is -0.114. The van der Waals surface area contributed by atoms with Crippen molar-refractivity contribution in [1.29, 1.82) is 0 Å². The van der Waals surface area contributed by atoms with Crippen molar-refractivity contribution in [3.63, 3.8) is 0 Å². The Morgan fingerprint density at radius 3 is 2.41 bits per heavy atom. The molecule has 3 aromatic carbocycles. The van der Waals surface area contributed by atoms with Gasteiger partial charge in [0.05, 0.1) is 10.6 Å². The van der Waals surface area contributed by atoms with E-state index in [0.29, 0.717) is 26.4 Å². The van der Waals surface area contributed by atoms with E-state index in [2.05, 4.69) is 21.2 Å². The summed E-state index contributed by atoms with van der Waals surface area (Å²) in [6, 6.07) is 20.0. The molecule has 8 heteroatoms. The van der Waals surface area contributed by atoms with Crippen LogP contribution in [0.3, 0.4) is 0 Å². The van der Waals surface area contributed by atoms with E-state index in [0.717, 1.165) is 4.31 Å². The van der Waals surface area contributed by atoms with Gasteiger partial charge < -0.3 is 5.32 Å². The molecule has 3 aromatic rings. The van der Waals surface area contributed by atoms with Crippen LogP contribution in [0.25, 0.3) is 0 Å². The number of amides is 1. The minimum absolute atomic E-state index is 0.103. The maximum absolute atomic E-state index is 13.3. The third-order valence-corrected chi connectivity index (χ3v) is 6.95. The first-order valence-electron chi connectivity index (χ1n) is 8.67. The molecular formula is C21H18BrClN2O3S. The molecule has 0 aromatic heterocycles. The fourth-order valence-corrected chi connectivity index (χ4v) is 4.72. The summed E-state index contributed by atoms with van der Waals surface area (Å²) >= 11 is 9.46. The summed E-state index contributed by atoms with van der Waals surface area (Å²) in [5.41, 5.74) is 1.62. The second-order valence-corrected chi connectivity index (χ2v) is 9.45. The maximum atomic E-state index is 13.3. The summed E-state index contributed by atoms with van der Waals surface area (Å²) in [4.78, 5) is 12.9. The van der Waals surface area contributed by atoms with Crippen molar-refractivity contribution in [2.24, 2.45) is 0 Å². The molecule has 1 N–H and O–H groups in total. The third kappa shape index (κ3) is 4.98. The molecule has 5 nitrogen and oxygen atoms in total. The lowest BCUT2D eigenvalue weighted by Crippen LogP contribution is -2.38. The number of hydrogen-bond acceptors (Lipinski definition) is 3. The first-order chi connectivity index (χ1) is 13.8. The summed E-state index contributed by atoms with van der Waals surface area (Å²) in [6.07, 6.45) is 0. The predicted octanol–water partition coefficient (Wildman–Crippen LogP) is 5.24. The van der Waals surface area contributed by atoms with E-state index >= 15 is 0 Å². The van der Waals surface area contributed by atoms with Crippen LogP contribution in [0, 0.1) is 6.92 Å². The molecule has 0 spiro atoms. The van der Waals surface area contributed by atoms with E-state index < -0.39 is 15.9 Å². The van der Waals surface area contributed by atoms with Gasteiger partial charge in [-0.1, -0.05) is 57.9 Å². The van der Waals surface area contributed by atoms with E-state index in [1.165, 1.54) is 12.1 Å². The summed E-state index contributed by atoms with van der Waals surface area (Å²) in [5.74, 6) is -0.477. The lowest BCUT2D eigenvalue weighted by atomic mass is 10.2. The predicted molar refractivity (Wildman–Crippen MR) is 120 cm³/mol. The van der Waals surface area contributed by atoms with Gasteiger partial charge in [0.1, 0.15) is 6.54 Å². The Labute approximate surface area is 183 Å². The highest BCUT2D eigenvalue weighted by Gasteiger charge is 2.27. The number of nitrogens with one attached hydrogen (secondary N) is 1. The molecule has 0 bridgehead atoms. The van der Waals surface area contributed by atoms with Crippen LogP contribution in [0.15, 0.2) is 82.2 Å². The molecule has 0 aliphatic heterocycles. The molecule has 0 saturated heterocycles. The molecule has 0 aliphatic carbocycles. The molecular weight excluding hydrogens is 476 g/mol. The molecule has 150 valence electrons. The number of nitrogens with zero attached hydrogens (tertiary/aromatic N) is 1. The number of sulfonamides is 1. The quantitative estimate of drug-likeness (QED) is 0.510.